The highest BCUT2D eigenvalue weighted by atomic mass is 79.9. The topological polar surface area (TPSA) is 139 Å². The Balaban J connectivity index is 1.88. The molecule has 0 fully saturated rings. The Morgan fingerprint density at radius 2 is 1.78 bits per heavy atom. The van der Waals surface area contributed by atoms with Crippen molar-refractivity contribution in [1.82, 2.24) is 4.98 Å². The van der Waals surface area contributed by atoms with Crippen molar-refractivity contribution in [2.45, 2.75) is 6.92 Å². The quantitative estimate of drug-likeness (QED) is 0.146. The molecule has 37 heavy (non-hydrogen) atoms. The Hall–Kier alpha value is -4.44. The number of nitrogens with one attached hydrogen (secondary N) is 1. The fraction of sp³-hybridized carbons (Fsp3) is 0.111. The van der Waals surface area contributed by atoms with Crippen molar-refractivity contribution in [3.8, 4) is 17.4 Å². The molecular formula is C27H23BrN4O5. The van der Waals surface area contributed by atoms with Crippen LogP contribution in [0.15, 0.2) is 69.3 Å². The third kappa shape index (κ3) is 5.24. The van der Waals surface area contributed by atoms with Gasteiger partial charge in [-0.2, -0.15) is 0 Å². The number of aromatic amines is 1. The van der Waals surface area contributed by atoms with Crippen LogP contribution < -0.4 is 15.2 Å². The van der Waals surface area contributed by atoms with E-state index in [9.17, 15) is 14.7 Å². The number of azo groups is 1. The van der Waals surface area contributed by atoms with E-state index < -0.39 is 11.8 Å². The number of carbonyl (C=O) groups excluding carboxylic acids is 2. The van der Waals surface area contributed by atoms with Crippen LogP contribution in [-0.4, -0.2) is 36.1 Å². The first-order valence-corrected chi connectivity index (χ1v) is 11.8. The molecule has 4 N–H and O–H groups in total. The molecule has 0 aliphatic carbocycles. The van der Waals surface area contributed by atoms with Gasteiger partial charge in [-0.3, -0.25) is 9.59 Å². The van der Waals surface area contributed by atoms with E-state index in [0.29, 0.717) is 28.0 Å². The average molecular weight is 563 g/mol. The van der Waals surface area contributed by atoms with Gasteiger partial charge in [0.25, 0.3) is 5.91 Å². The average Bonchev–Trinajstić information content (AvgIpc) is 3.20. The second-order valence-electron chi connectivity index (χ2n) is 8.05. The van der Waals surface area contributed by atoms with E-state index >= 15 is 0 Å². The van der Waals surface area contributed by atoms with Crippen molar-refractivity contribution in [3.05, 3.63) is 81.3 Å². The molecule has 0 aliphatic heterocycles. The number of ether oxygens (including phenoxy) is 2. The number of amides is 2. The van der Waals surface area contributed by atoms with Gasteiger partial charge in [-0.05, 0) is 55.0 Å². The second kappa shape index (κ2) is 10.7. The maximum absolute atomic E-state index is 13.5. The number of rotatable bonds is 7. The molecule has 0 radical (unpaired) electrons. The van der Waals surface area contributed by atoms with Crippen molar-refractivity contribution in [2.24, 2.45) is 16.0 Å². The molecule has 1 heterocycles. The molecule has 9 nitrogen and oxygen atoms in total. The van der Waals surface area contributed by atoms with Gasteiger partial charge in [0, 0.05) is 26.5 Å². The Bertz CT molecular complexity index is 1590. The van der Waals surface area contributed by atoms with Crippen molar-refractivity contribution in [1.29, 1.82) is 0 Å². The Labute approximate surface area is 220 Å². The number of halogens is 1. The summed E-state index contributed by atoms with van der Waals surface area (Å²) in [5.41, 5.74) is 8.18. The minimum atomic E-state index is -0.765. The van der Waals surface area contributed by atoms with Crippen LogP contribution in [0.25, 0.3) is 22.6 Å². The van der Waals surface area contributed by atoms with Crippen molar-refractivity contribution >= 4 is 56.0 Å². The number of H-pyrrole nitrogens is 1. The van der Waals surface area contributed by atoms with Gasteiger partial charge >= 0.3 is 0 Å². The number of benzene rings is 3. The van der Waals surface area contributed by atoms with E-state index in [4.69, 9.17) is 15.2 Å². The van der Waals surface area contributed by atoms with Crippen molar-refractivity contribution in [2.75, 3.05) is 14.2 Å². The lowest BCUT2D eigenvalue weighted by molar-refractivity contribution is -0.113. The van der Waals surface area contributed by atoms with Crippen LogP contribution in [0.4, 0.5) is 5.69 Å². The number of aryl methyl sites for hydroxylation is 1. The van der Waals surface area contributed by atoms with Crippen LogP contribution in [0, 0.1) is 6.92 Å². The monoisotopic (exact) mass is 562 g/mol. The maximum atomic E-state index is 13.5. The lowest BCUT2D eigenvalue weighted by Crippen LogP contribution is -2.14. The number of aromatic nitrogens is 1. The zero-order chi connectivity index (χ0) is 26.7. The molecule has 0 unspecified atom stereocenters. The molecule has 0 atom stereocenters. The molecule has 0 bridgehead atoms. The third-order valence-corrected chi connectivity index (χ3v) is 6.17. The highest BCUT2D eigenvalue weighted by molar-refractivity contribution is 9.10. The number of primary amides is 1. The number of methoxy groups -OCH3 is 2. The van der Waals surface area contributed by atoms with E-state index in [2.05, 4.69) is 31.1 Å². The summed E-state index contributed by atoms with van der Waals surface area (Å²) in [6, 6.07) is 15.2. The molecule has 2 amide bonds. The Morgan fingerprint density at radius 1 is 1.05 bits per heavy atom. The van der Waals surface area contributed by atoms with Crippen LogP contribution in [0.5, 0.6) is 17.4 Å². The normalized spacial score (nSPS) is 11.7. The Morgan fingerprint density at radius 3 is 2.46 bits per heavy atom. The molecular weight excluding hydrogens is 540 g/mol. The molecule has 4 rings (SSSR count). The largest absolute Gasteiger partial charge is 0.497 e. The summed E-state index contributed by atoms with van der Waals surface area (Å²) in [6.07, 6.45) is 1.53. The fourth-order valence-electron chi connectivity index (χ4n) is 3.95. The summed E-state index contributed by atoms with van der Waals surface area (Å²) in [5.74, 6) is -0.703. The number of nitrogens with zero attached hydrogens (tertiary/aromatic N) is 2. The van der Waals surface area contributed by atoms with Gasteiger partial charge in [-0.15, -0.1) is 10.2 Å². The number of fused-ring (bicyclic) bond motifs is 1. The molecule has 1 aromatic heterocycles. The lowest BCUT2D eigenvalue weighted by Gasteiger charge is -2.11. The first kappa shape index (κ1) is 25.6. The smallest absolute Gasteiger partial charge is 0.296 e. The molecule has 0 spiro atoms. The summed E-state index contributed by atoms with van der Waals surface area (Å²) in [7, 11) is 3.02. The maximum Gasteiger partial charge on any atom is 0.296 e. The van der Waals surface area contributed by atoms with Crippen molar-refractivity contribution < 1.29 is 24.2 Å². The SMILES string of the molecule is COc1ccc(OC)c(/C=C(/C(=O)N=Nc2c(O)[nH]c3c(C)cc(Br)cc23)c2ccccc2C(N)=O)c1. The van der Waals surface area contributed by atoms with Gasteiger partial charge in [0.05, 0.1) is 25.3 Å². The minimum Gasteiger partial charge on any atom is -0.497 e. The van der Waals surface area contributed by atoms with Gasteiger partial charge in [-0.25, -0.2) is 0 Å². The van der Waals surface area contributed by atoms with Gasteiger partial charge in [0.15, 0.2) is 5.69 Å². The van der Waals surface area contributed by atoms with E-state index in [-0.39, 0.29) is 28.3 Å². The molecule has 4 aromatic rings. The molecule has 0 aliphatic rings. The minimum absolute atomic E-state index is 0.0430. The van der Waals surface area contributed by atoms with E-state index in [1.165, 1.54) is 26.4 Å². The third-order valence-electron chi connectivity index (χ3n) is 5.71. The highest BCUT2D eigenvalue weighted by Crippen LogP contribution is 2.39. The van der Waals surface area contributed by atoms with Gasteiger partial charge < -0.3 is 25.3 Å². The van der Waals surface area contributed by atoms with Crippen LogP contribution in [-0.2, 0) is 4.79 Å². The molecule has 3 aromatic carbocycles. The van der Waals surface area contributed by atoms with Crippen molar-refractivity contribution in [3.63, 3.8) is 0 Å². The number of hydrogen-bond donors (Lipinski definition) is 3. The molecule has 10 heteroatoms. The number of hydrogen-bond acceptors (Lipinski definition) is 6. The Kier molecular flexibility index (Phi) is 7.40. The van der Waals surface area contributed by atoms with Crippen LogP contribution in [0.2, 0.25) is 0 Å². The molecule has 188 valence electrons. The molecule has 0 saturated carbocycles. The number of nitrogens with two attached hydrogens (primary N) is 1. The van der Waals surface area contributed by atoms with E-state index in [1.807, 2.05) is 13.0 Å². The van der Waals surface area contributed by atoms with Crippen LogP contribution in [0.3, 0.4) is 0 Å². The zero-order valence-corrected chi connectivity index (χ0v) is 21.8. The first-order valence-electron chi connectivity index (χ1n) is 11.0. The summed E-state index contributed by atoms with van der Waals surface area (Å²) in [5, 5.41) is 19.0. The number of carbonyl (C=O) groups is 2. The summed E-state index contributed by atoms with van der Waals surface area (Å²) in [4.78, 5) is 28.5. The summed E-state index contributed by atoms with van der Waals surface area (Å²) >= 11 is 3.43. The van der Waals surface area contributed by atoms with Crippen LogP contribution >= 0.6 is 15.9 Å². The van der Waals surface area contributed by atoms with Gasteiger partial charge in [0.2, 0.25) is 11.8 Å². The standard InChI is InChI=1S/C27H23BrN4O5/c1-14-10-16(28)13-21-23(14)30-27(35)24(21)31-32-26(34)20(18-6-4-5-7-19(18)25(29)33)12-15-11-17(36-2)8-9-22(15)37-3/h4-13,30,35H,1-3H3,(H2,29,33)/b20-12+,32-31?. The summed E-state index contributed by atoms with van der Waals surface area (Å²) < 4.78 is 11.5. The predicted molar refractivity (Wildman–Crippen MR) is 144 cm³/mol. The fourth-order valence-corrected chi connectivity index (χ4v) is 4.52. The van der Waals surface area contributed by atoms with Crippen LogP contribution in [0.1, 0.15) is 27.0 Å². The number of aromatic hydroxyl groups is 1. The summed E-state index contributed by atoms with van der Waals surface area (Å²) in [6.45, 7) is 1.87. The predicted octanol–water partition coefficient (Wildman–Crippen LogP) is 5.91. The van der Waals surface area contributed by atoms with E-state index in [0.717, 1.165) is 10.0 Å². The highest BCUT2D eigenvalue weighted by Gasteiger charge is 2.20. The molecule has 0 saturated heterocycles. The van der Waals surface area contributed by atoms with Gasteiger partial charge in [0.1, 0.15) is 11.5 Å². The first-order chi connectivity index (χ1) is 17.7. The lowest BCUT2D eigenvalue weighted by atomic mass is 9.96. The zero-order valence-electron chi connectivity index (χ0n) is 20.2. The second-order valence-corrected chi connectivity index (χ2v) is 8.96. The van der Waals surface area contributed by atoms with Gasteiger partial charge in [-0.1, -0.05) is 34.1 Å². The van der Waals surface area contributed by atoms with E-state index in [1.54, 1.807) is 42.5 Å².